The summed E-state index contributed by atoms with van der Waals surface area (Å²) in [5, 5.41) is 8.88. The van der Waals surface area contributed by atoms with E-state index in [-0.39, 0.29) is 11.5 Å². The predicted octanol–water partition coefficient (Wildman–Crippen LogP) is 1.75. The molecule has 0 radical (unpaired) electrons. The van der Waals surface area contributed by atoms with Crippen molar-refractivity contribution in [3.05, 3.63) is 59.7 Å². The van der Waals surface area contributed by atoms with Crippen molar-refractivity contribution >= 4 is 10.0 Å². The Kier molecular flexibility index (Phi) is 6.15. The predicted molar refractivity (Wildman–Crippen MR) is 89.1 cm³/mol. The molecule has 6 heteroatoms. The summed E-state index contributed by atoms with van der Waals surface area (Å²) < 4.78 is 32.0. The van der Waals surface area contributed by atoms with Gasteiger partial charge in [-0.15, -0.1) is 0 Å². The summed E-state index contributed by atoms with van der Waals surface area (Å²) in [4.78, 5) is 0.219. The van der Waals surface area contributed by atoms with Gasteiger partial charge in [-0.2, -0.15) is 0 Å². The fraction of sp³-hybridized carbons (Fsp3) is 0.294. The number of benzene rings is 2. The van der Waals surface area contributed by atoms with Crippen molar-refractivity contribution in [3.63, 3.8) is 0 Å². The standard InChI is InChI=1S/C17H21NO4S/c1-22-16-6-8-17(9-7-16)23(20,21)18-12-10-14-2-4-15(5-3-14)11-13-19/h2-9,18-19H,10-13H2,1H3. The van der Waals surface area contributed by atoms with Crippen molar-refractivity contribution in [1.29, 1.82) is 0 Å². The molecule has 0 unspecified atom stereocenters. The van der Waals surface area contributed by atoms with Crippen LogP contribution in [-0.4, -0.2) is 33.8 Å². The van der Waals surface area contributed by atoms with E-state index >= 15 is 0 Å². The molecule has 0 aromatic heterocycles. The second kappa shape index (κ2) is 8.10. The van der Waals surface area contributed by atoms with Crippen LogP contribution in [0.15, 0.2) is 53.4 Å². The van der Waals surface area contributed by atoms with Crippen LogP contribution in [0.25, 0.3) is 0 Å². The van der Waals surface area contributed by atoms with E-state index in [2.05, 4.69) is 4.72 Å². The lowest BCUT2D eigenvalue weighted by atomic mass is 10.1. The number of hydrogen-bond donors (Lipinski definition) is 2. The van der Waals surface area contributed by atoms with Crippen LogP contribution in [0.3, 0.4) is 0 Å². The van der Waals surface area contributed by atoms with Gasteiger partial charge in [-0.25, -0.2) is 13.1 Å². The number of hydrogen-bond acceptors (Lipinski definition) is 4. The van der Waals surface area contributed by atoms with E-state index in [1.165, 1.54) is 19.2 Å². The molecular formula is C17H21NO4S. The molecule has 0 bridgehead atoms. The Labute approximate surface area is 137 Å². The van der Waals surface area contributed by atoms with E-state index in [4.69, 9.17) is 9.84 Å². The van der Waals surface area contributed by atoms with E-state index in [0.29, 0.717) is 25.1 Å². The first kappa shape index (κ1) is 17.5. The van der Waals surface area contributed by atoms with Crippen LogP contribution in [0.5, 0.6) is 5.75 Å². The van der Waals surface area contributed by atoms with Gasteiger partial charge in [0.15, 0.2) is 0 Å². The van der Waals surface area contributed by atoms with Crippen molar-refractivity contribution < 1.29 is 18.3 Å². The highest BCUT2D eigenvalue weighted by atomic mass is 32.2. The first-order valence-electron chi connectivity index (χ1n) is 7.37. The topological polar surface area (TPSA) is 75.6 Å². The number of rotatable bonds is 8. The van der Waals surface area contributed by atoms with Crippen molar-refractivity contribution in [2.75, 3.05) is 20.3 Å². The van der Waals surface area contributed by atoms with Gasteiger partial charge in [-0.05, 0) is 48.2 Å². The molecule has 0 spiro atoms. The van der Waals surface area contributed by atoms with Gasteiger partial charge in [0.2, 0.25) is 10.0 Å². The SMILES string of the molecule is COc1ccc(S(=O)(=O)NCCc2ccc(CCO)cc2)cc1. The van der Waals surface area contributed by atoms with E-state index in [1.807, 2.05) is 24.3 Å². The van der Waals surface area contributed by atoms with Crippen LogP contribution in [-0.2, 0) is 22.9 Å². The summed E-state index contributed by atoms with van der Waals surface area (Å²) in [6, 6.07) is 14.1. The van der Waals surface area contributed by atoms with Gasteiger partial charge in [-0.1, -0.05) is 24.3 Å². The van der Waals surface area contributed by atoms with Gasteiger partial charge < -0.3 is 9.84 Å². The molecule has 0 aliphatic rings. The Morgan fingerprint density at radius 2 is 1.52 bits per heavy atom. The Morgan fingerprint density at radius 1 is 0.957 bits per heavy atom. The Bertz CT molecular complexity index is 709. The number of aliphatic hydroxyl groups is 1. The van der Waals surface area contributed by atoms with Crippen LogP contribution in [0, 0.1) is 0 Å². The molecule has 0 saturated carbocycles. The maximum Gasteiger partial charge on any atom is 0.240 e. The van der Waals surface area contributed by atoms with Gasteiger partial charge in [0.1, 0.15) is 5.75 Å². The molecule has 0 saturated heterocycles. The van der Waals surface area contributed by atoms with E-state index in [0.717, 1.165) is 11.1 Å². The third kappa shape index (κ3) is 5.06. The van der Waals surface area contributed by atoms with Gasteiger partial charge >= 0.3 is 0 Å². The minimum atomic E-state index is -3.51. The summed E-state index contributed by atoms with van der Waals surface area (Å²) in [6.07, 6.45) is 1.24. The summed E-state index contributed by atoms with van der Waals surface area (Å²) in [6.45, 7) is 0.453. The number of sulfonamides is 1. The molecule has 23 heavy (non-hydrogen) atoms. The number of ether oxygens (including phenoxy) is 1. The molecule has 0 fully saturated rings. The van der Waals surface area contributed by atoms with Crippen LogP contribution in [0.4, 0.5) is 0 Å². The van der Waals surface area contributed by atoms with Crippen molar-refractivity contribution in [2.45, 2.75) is 17.7 Å². The first-order valence-corrected chi connectivity index (χ1v) is 8.86. The van der Waals surface area contributed by atoms with Crippen LogP contribution in [0.1, 0.15) is 11.1 Å². The summed E-state index contributed by atoms with van der Waals surface area (Å²) in [7, 11) is -1.98. The Hall–Kier alpha value is -1.89. The molecule has 0 atom stereocenters. The van der Waals surface area contributed by atoms with Crippen LogP contribution >= 0.6 is 0 Å². The molecule has 0 aliphatic heterocycles. The second-order valence-corrected chi connectivity index (χ2v) is 6.88. The third-order valence-electron chi connectivity index (χ3n) is 3.50. The minimum Gasteiger partial charge on any atom is -0.497 e. The van der Waals surface area contributed by atoms with Gasteiger partial charge in [-0.3, -0.25) is 0 Å². The average Bonchev–Trinajstić information content (AvgIpc) is 2.57. The Morgan fingerprint density at radius 3 is 2.04 bits per heavy atom. The monoisotopic (exact) mass is 335 g/mol. The zero-order valence-corrected chi connectivity index (χ0v) is 13.8. The quantitative estimate of drug-likeness (QED) is 0.771. The zero-order chi connectivity index (χ0) is 16.7. The Balaban J connectivity index is 1.91. The molecule has 5 nitrogen and oxygen atoms in total. The summed E-state index contributed by atoms with van der Waals surface area (Å²) in [5.74, 6) is 0.618. The molecular weight excluding hydrogens is 314 g/mol. The summed E-state index contributed by atoms with van der Waals surface area (Å²) >= 11 is 0. The highest BCUT2D eigenvalue weighted by Gasteiger charge is 2.13. The van der Waals surface area contributed by atoms with E-state index in [9.17, 15) is 8.42 Å². The highest BCUT2D eigenvalue weighted by molar-refractivity contribution is 7.89. The van der Waals surface area contributed by atoms with E-state index < -0.39 is 10.0 Å². The van der Waals surface area contributed by atoms with E-state index in [1.54, 1.807) is 12.1 Å². The molecule has 124 valence electrons. The lowest BCUT2D eigenvalue weighted by Gasteiger charge is -2.08. The fourth-order valence-corrected chi connectivity index (χ4v) is 3.20. The molecule has 0 heterocycles. The van der Waals surface area contributed by atoms with Gasteiger partial charge in [0, 0.05) is 13.2 Å². The van der Waals surface area contributed by atoms with Crippen molar-refractivity contribution in [3.8, 4) is 5.75 Å². The van der Waals surface area contributed by atoms with Gasteiger partial charge in [0.05, 0.1) is 12.0 Å². The highest BCUT2D eigenvalue weighted by Crippen LogP contribution is 2.15. The minimum absolute atomic E-state index is 0.126. The maximum atomic E-state index is 12.2. The number of nitrogens with one attached hydrogen (secondary N) is 1. The largest absolute Gasteiger partial charge is 0.497 e. The molecule has 0 amide bonds. The molecule has 2 rings (SSSR count). The van der Waals surface area contributed by atoms with Crippen molar-refractivity contribution in [2.24, 2.45) is 0 Å². The lowest BCUT2D eigenvalue weighted by molar-refractivity contribution is 0.299. The maximum absolute atomic E-state index is 12.2. The number of aliphatic hydroxyl groups excluding tert-OH is 1. The molecule has 0 aliphatic carbocycles. The van der Waals surface area contributed by atoms with Gasteiger partial charge in [0.25, 0.3) is 0 Å². The average molecular weight is 335 g/mol. The van der Waals surface area contributed by atoms with Crippen molar-refractivity contribution in [1.82, 2.24) is 4.72 Å². The first-order chi connectivity index (χ1) is 11.0. The normalized spacial score (nSPS) is 11.4. The molecule has 2 N–H and O–H groups in total. The molecule has 2 aromatic carbocycles. The fourth-order valence-electron chi connectivity index (χ4n) is 2.17. The number of methoxy groups -OCH3 is 1. The smallest absolute Gasteiger partial charge is 0.240 e. The summed E-state index contributed by atoms with van der Waals surface area (Å²) in [5.41, 5.74) is 2.11. The second-order valence-electron chi connectivity index (χ2n) is 5.11. The van der Waals surface area contributed by atoms with Crippen LogP contribution < -0.4 is 9.46 Å². The van der Waals surface area contributed by atoms with Crippen LogP contribution in [0.2, 0.25) is 0 Å². The lowest BCUT2D eigenvalue weighted by Crippen LogP contribution is -2.25. The molecule has 2 aromatic rings. The third-order valence-corrected chi connectivity index (χ3v) is 4.98. The zero-order valence-electron chi connectivity index (χ0n) is 13.0.